The summed E-state index contributed by atoms with van der Waals surface area (Å²) in [6, 6.07) is 0. The number of carbonyl (C=O) groups is 3. The zero-order valence-corrected chi connectivity index (χ0v) is 11.4. The van der Waals surface area contributed by atoms with Gasteiger partial charge in [0.1, 0.15) is 5.69 Å². The van der Waals surface area contributed by atoms with Crippen molar-refractivity contribution < 1.29 is 19.5 Å². The monoisotopic (exact) mass is 292 g/mol. The van der Waals surface area contributed by atoms with Gasteiger partial charge in [0.15, 0.2) is 0 Å². The first-order valence-corrected chi connectivity index (χ1v) is 6.42. The van der Waals surface area contributed by atoms with Crippen molar-refractivity contribution >= 4 is 23.5 Å². The molecule has 0 bridgehead atoms. The highest BCUT2D eigenvalue weighted by Gasteiger charge is 2.34. The molecule has 1 aromatic heterocycles. The Labute approximate surface area is 120 Å². The van der Waals surface area contributed by atoms with Gasteiger partial charge in [0.05, 0.1) is 23.7 Å². The Hall–Kier alpha value is -2.64. The number of carbonyl (C=O) groups excluding carboxylic acids is 2. The second-order valence-electron chi connectivity index (χ2n) is 4.88. The van der Waals surface area contributed by atoms with Gasteiger partial charge in [0, 0.05) is 7.05 Å². The molecule has 0 unspecified atom stereocenters. The fourth-order valence-corrected chi connectivity index (χ4v) is 2.42. The van der Waals surface area contributed by atoms with Gasteiger partial charge in [0.25, 0.3) is 5.91 Å². The van der Waals surface area contributed by atoms with E-state index in [4.69, 9.17) is 10.8 Å². The average molecular weight is 292 g/mol. The van der Waals surface area contributed by atoms with Crippen LogP contribution >= 0.6 is 0 Å². The van der Waals surface area contributed by atoms with Crippen molar-refractivity contribution in [2.75, 3.05) is 5.32 Å². The molecule has 0 spiro atoms. The largest absolute Gasteiger partial charge is 0.481 e. The van der Waals surface area contributed by atoms with Crippen LogP contribution in [0, 0.1) is 11.8 Å². The first kappa shape index (κ1) is 14.8. The highest BCUT2D eigenvalue weighted by molar-refractivity contribution is 6.03. The number of nitrogens with two attached hydrogens (primary N) is 1. The van der Waals surface area contributed by atoms with E-state index in [1.54, 1.807) is 12.2 Å². The van der Waals surface area contributed by atoms with Gasteiger partial charge in [-0.15, -0.1) is 0 Å². The number of nitrogens with zero attached hydrogens (tertiary/aromatic N) is 2. The number of nitrogens with one attached hydrogen (secondary N) is 1. The SMILES string of the molecule is Cn1ncc(NC(=O)[C@@H]2CC=CC[C@@H]2C(=O)O)c1C(N)=O. The Bertz CT molecular complexity index is 620. The minimum atomic E-state index is -1.01. The van der Waals surface area contributed by atoms with Crippen molar-refractivity contribution in [2.24, 2.45) is 24.6 Å². The van der Waals surface area contributed by atoms with Gasteiger partial charge in [-0.3, -0.25) is 19.1 Å². The van der Waals surface area contributed by atoms with Gasteiger partial charge >= 0.3 is 5.97 Å². The van der Waals surface area contributed by atoms with Crippen LogP contribution in [-0.2, 0) is 16.6 Å². The lowest BCUT2D eigenvalue weighted by Crippen LogP contribution is -2.35. The maximum Gasteiger partial charge on any atom is 0.307 e. The molecule has 1 aromatic rings. The number of rotatable bonds is 4. The van der Waals surface area contributed by atoms with E-state index in [1.165, 1.54) is 17.9 Å². The van der Waals surface area contributed by atoms with Crippen LogP contribution in [0.5, 0.6) is 0 Å². The van der Waals surface area contributed by atoms with E-state index in [0.29, 0.717) is 12.8 Å². The van der Waals surface area contributed by atoms with Crippen molar-refractivity contribution in [3.8, 4) is 0 Å². The number of carboxylic acids is 1. The van der Waals surface area contributed by atoms with Crippen LogP contribution in [0.25, 0.3) is 0 Å². The Kier molecular flexibility index (Phi) is 4.06. The first-order chi connectivity index (χ1) is 9.91. The van der Waals surface area contributed by atoms with Gasteiger partial charge in [-0.2, -0.15) is 5.10 Å². The van der Waals surface area contributed by atoms with E-state index < -0.39 is 29.6 Å². The molecule has 1 aliphatic rings. The fraction of sp³-hybridized carbons (Fsp3) is 0.385. The number of carboxylic acid groups (broad SMARTS) is 1. The van der Waals surface area contributed by atoms with Crippen molar-refractivity contribution in [3.63, 3.8) is 0 Å². The number of aliphatic carboxylic acids is 1. The Morgan fingerprint density at radius 2 is 1.95 bits per heavy atom. The molecule has 0 aliphatic heterocycles. The summed E-state index contributed by atoms with van der Waals surface area (Å²) in [5.74, 6) is -3.65. The Morgan fingerprint density at radius 3 is 2.52 bits per heavy atom. The molecule has 0 fully saturated rings. The molecular formula is C13H16N4O4. The van der Waals surface area contributed by atoms with Crippen LogP contribution in [0.4, 0.5) is 5.69 Å². The maximum atomic E-state index is 12.3. The summed E-state index contributed by atoms with van der Waals surface area (Å²) in [7, 11) is 1.53. The summed E-state index contributed by atoms with van der Waals surface area (Å²) in [6.45, 7) is 0. The molecule has 8 heteroatoms. The minimum absolute atomic E-state index is 0.0709. The zero-order chi connectivity index (χ0) is 15.6. The molecule has 21 heavy (non-hydrogen) atoms. The fourth-order valence-electron chi connectivity index (χ4n) is 2.42. The molecule has 2 rings (SSSR count). The number of primary amides is 1. The number of anilines is 1. The molecule has 112 valence electrons. The maximum absolute atomic E-state index is 12.3. The summed E-state index contributed by atoms with van der Waals surface area (Å²) in [5.41, 5.74) is 5.49. The van der Waals surface area contributed by atoms with E-state index in [9.17, 15) is 14.4 Å². The Morgan fingerprint density at radius 1 is 1.33 bits per heavy atom. The third-order valence-corrected chi connectivity index (χ3v) is 3.52. The van der Waals surface area contributed by atoms with Crippen LogP contribution in [0.2, 0.25) is 0 Å². The van der Waals surface area contributed by atoms with Gasteiger partial charge in [-0.1, -0.05) is 12.2 Å². The third kappa shape index (κ3) is 2.93. The van der Waals surface area contributed by atoms with Gasteiger partial charge in [0.2, 0.25) is 5.91 Å². The minimum Gasteiger partial charge on any atom is -0.481 e. The molecule has 0 saturated carbocycles. The molecule has 4 N–H and O–H groups in total. The van der Waals surface area contributed by atoms with E-state index in [1.807, 2.05) is 0 Å². The highest BCUT2D eigenvalue weighted by atomic mass is 16.4. The predicted molar refractivity (Wildman–Crippen MR) is 73.3 cm³/mol. The third-order valence-electron chi connectivity index (χ3n) is 3.52. The van der Waals surface area contributed by atoms with E-state index in [-0.39, 0.29) is 11.4 Å². The van der Waals surface area contributed by atoms with E-state index in [2.05, 4.69) is 10.4 Å². The van der Waals surface area contributed by atoms with Crippen LogP contribution in [0.3, 0.4) is 0 Å². The van der Waals surface area contributed by atoms with Gasteiger partial charge < -0.3 is 16.2 Å². The average Bonchev–Trinajstić information content (AvgIpc) is 2.79. The normalized spacial score (nSPS) is 21.0. The summed E-state index contributed by atoms with van der Waals surface area (Å²) in [4.78, 5) is 34.8. The molecule has 8 nitrogen and oxygen atoms in total. The van der Waals surface area contributed by atoms with Crippen LogP contribution in [-0.4, -0.2) is 32.7 Å². The lowest BCUT2D eigenvalue weighted by atomic mass is 9.82. The zero-order valence-electron chi connectivity index (χ0n) is 11.4. The topological polar surface area (TPSA) is 127 Å². The number of allylic oxidation sites excluding steroid dienone is 2. The van der Waals surface area contributed by atoms with Crippen molar-refractivity contribution in [2.45, 2.75) is 12.8 Å². The molecule has 0 aromatic carbocycles. The summed E-state index contributed by atoms with van der Waals surface area (Å²) < 4.78 is 1.26. The predicted octanol–water partition coefficient (Wildman–Crippen LogP) is 0.125. The quantitative estimate of drug-likeness (QED) is 0.679. The van der Waals surface area contributed by atoms with Gasteiger partial charge in [-0.05, 0) is 12.8 Å². The standard InChI is InChI=1S/C13H16N4O4/c1-17-10(11(14)18)9(6-15-17)16-12(19)7-4-2-3-5-8(7)13(20)21/h2-3,6-8H,4-5H2,1H3,(H2,14,18)(H,16,19)(H,20,21)/t7-,8+/m1/s1. The number of aromatic nitrogens is 2. The molecule has 2 atom stereocenters. The summed E-state index contributed by atoms with van der Waals surface area (Å²) in [6.07, 6.45) is 5.49. The molecule has 1 aliphatic carbocycles. The van der Waals surface area contributed by atoms with Crippen LogP contribution in [0.1, 0.15) is 23.3 Å². The lowest BCUT2D eigenvalue weighted by Gasteiger charge is -2.24. The summed E-state index contributed by atoms with van der Waals surface area (Å²) >= 11 is 0. The second-order valence-corrected chi connectivity index (χ2v) is 4.88. The second kappa shape index (κ2) is 5.78. The van der Waals surface area contributed by atoms with Crippen LogP contribution < -0.4 is 11.1 Å². The molecular weight excluding hydrogens is 276 g/mol. The smallest absolute Gasteiger partial charge is 0.307 e. The van der Waals surface area contributed by atoms with Crippen LogP contribution in [0.15, 0.2) is 18.3 Å². The van der Waals surface area contributed by atoms with E-state index >= 15 is 0 Å². The van der Waals surface area contributed by atoms with Crippen molar-refractivity contribution in [1.29, 1.82) is 0 Å². The first-order valence-electron chi connectivity index (χ1n) is 6.42. The highest BCUT2D eigenvalue weighted by Crippen LogP contribution is 2.27. The van der Waals surface area contributed by atoms with Crippen molar-refractivity contribution in [3.05, 3.63) is 24.0 Å². The molecule has 2 amide bonds. The number of hydrogen-bond acceptors (Lipinski definition) is 4. The molecule has 1 heterocycles. The van der Waals surface area contributed by atoms with Crippen molar-refractivity contribution in [1.82, 2.24) is 9.78 Å². The number of amides is 2. The summed E-state index contributed by atoms with van der Waals surface area (Å²) in [5, 5.41) is 15.6. The number of hydrogen-bond donors (Lipinski definition) is 3. The number of aryl methyl sites for hydroxylation is 1. The molecule has 0 radical (unpaired) electrons. The Balaban J connectivity index is 2.20. The lowest BCUT2D eigenvalue weighted by molar-refractivity contribution is -0.146. The van der Waals surface area contributed by atoms with E-state index in [0.717, 1.165) is 0 Å². The molecule has 0 saturated heterocycles. The van der Waals surface area contributed by atoms with Gasteiger partial charge in [-0.25, -0.2) is 0 Å².